The van der Waals surface area contributed by atoms with Crippen LogP contribution in [0.25, 0.3) is 0 Å². The smallest absolute Gasteiger partial charge is 0.250 e. The number of anilines is 1. The van der Waals surface area contributed by atoms with E-state index in [2.05, 4.69) is 5.32 Å². The van der Waals surface area contributed by atoms with Crippen LogP contribution in [0.4, 0.5) is 5.69 Å². The number of methoxy groups -OCH3 is 1. The fourth-order valence-corrected chi connectivity index (χ4v) is 1.45. The molecule has 0 aromatic heterocycles. The first kappa shape index (κ1) is 9.02. The molecule has 1 heterocycles. The molecular weight excluding hydrogens is 182 g/mol. The van der Waals surface area contributed by atoms with Gasteiger partial charge in [0.1, 0.15) is 12.4 Å². The van der Waals surface area contributed by atoms with Crippen LogP contribution in [0, 0.1) is 0 Å². The summed E-state index contributed by atoms with van der Waals surface area (Å²) in [5, 5.41) is 2.75. The molecule has 1 aromatic rings. The van der Waals surface area contributed by atoms with E-state index in [1.54, 1.807) is 7.11 Å². The van der Waals surface area contributed by atoms with E-state index in [-0.39, 0.29) is 12.5 Å². The molecule has 0 atom stereocenters. The molecule has 0 unspecified atom stereocenters. The van der Waals surface area contributed by atoms with Gasteiger partial charge in [0.2, 0.25) is 5.91 Å². The Morgan fingerprint density at radius 2 is 2.29 bits per heavy atom. The molecule has 0 spiro atoms. The van der Waals surface area contributed by atoms with E-state index >= 15 is 0 Å². The van der Waals surface area contributed by atoms with Crippen LogP contribution in [-0.2, 0) is 16.1 Å². The van der Waals surface area contributed by atoms with Crippen molar-refractivity contribution < 1.29 is 14.3 Å². The average Bonchev–Trinajstić information content (AvgIpc) is 2.37. The first-order valence-electron chi connectivity index (χ1n) is 4.34. The molecule has 0 bridgehead atoms. The maximum atomic E-state index is 11.2. The molecule has 0 fully saturated rings. The van der Waals surface area contributed by atoms with Gasteiger partial charge in [-0.2, -0.15) is 0 Å². The molecule has 1 aliphatic rings. The van der Waals surface area contributed by atoms with Gasteiger partial charge in [-0.1, -0.05) is 6.07 Å². The standard InChI is InChI=1S/C10H11NO3/c1-13-9-4-2-3-8-7(9)5-14-6-10(12)11-8/h2-4H,5-6H2,1H3,(H,11,12). The number of carbonyl (C=O) groups is 1. The van der Waals surface area contributed by atoms with Crippen molar-refractivity contribution in [2.45, 2.75) is 6.61 Å². The van der Waals surface area contributed by atoms with Crippen LogP contribution >= 0.6 is 0 Å². The lowest BCUT2D eigenvalue weighted by Crippen LogP contribution is -2.14. The summed E-state index contributed by atoms with van der Waals surface area (Å²) in [6.07, 6.45) is 0. The van der Waals surface area contributed by atoms with Crippen molar-refractivity contribution in [3.8, 4) is 5.75 Å². The number of nitrogens with one attached hydrogen (secondary N) is 1. The van der Waals surface area contributed by atoms with E-state index < -0.39 is 0 Å². The van der Waals surface area contributed by atoms with Gasteiger partial charge in [-0.3, -0.25) is 4.79 Å². The van der Waals surface area contributed by atoms with Gasteiger partial charge >= 0.3 is 0 Å². The maximum Gasteiger partial charge on any atom is 0.250 e. The highest BCUT2D eigenvalue weighted by molar-refractivity contribution is 5.93. The van der Waals surface area contributed by atoms with Gasteiger partial charge < -0.3 is 14.8 Å². The van der Waals surface area contributed by atoms with Crippen LogP contribution < -0.4 is 10.1 Å². The average molecular weight is 193 g/mol. The Kier molecular flexibility index (Phi) is 2.37. The molecule has 14 heavy (non-hydrogen) atoms. The molecule has 1 amide bonds. The highest BCUT2D eigenvalue weighted by Crippen LogP contribution is 2.28. The quantitative estimate of drug-likeness (QED) is 0.728. The molecule has 0 aliphatic carbocycles. The largest absolute Gasteiger partial charge is 0.496 e. The lowest BCUT2D eigenvalue weighted by atomic mass is 10.1. The Bertz CT molecular complexity index is 362. The number of ether oxygens (including phenoxy) is 2. The number of amides is 1. The van der Waals surface area contributed by atoms with Crippen molar-refractivity contribution >= 4 is 11.6 Å². The second-order valence-corrected chi connectivity index (χ2v) is 3.03. The summed E-state index contributed by atoms with van der Waals surface area (Å²) in [6, 6.07) is 5.52. The summed E-state index contributed by atoms with van der Waals surface area (Å²) in [6.45, 7) is 0.496. The first-order valence-corrected chi connectivity index (χ1v) is 4.34. The van der Waals surface area contributed by atoms with Crippen LogP contribution in [0.1, 0.15) is 5.56 Å². The van der Waals surface area contributed by atoms with Gasteiger partial charge in [0.05, 0.1) is 19.4 Å². The molecule has 0 saturated carbocycles. The first-order chi connectivity index (χ1) is 6.81. The van der Waals surface area contributed by atoms with Gasteiger partial charge in [0.15, 0.2) is 0 Å². The molecule has 1 aromatic carbocycles. The molecule has 0 saturated heterocycles. The molecular formula is C10H11NO3. The van der Waals surface area contributed by atoms with Gasteiger partial charge in [0.25, 0.3) is 0 Å². The molecule has 1 N–H and O–H groups in total. The second kappa shape index (κ2) is 3.67. The third-order valence-corrected chi connectivity index (χ3v) is 2.11. The number of benzene rings is 1. The minimum atomic E-state index is -0.128. The van der Waals surface area contributed by atoms with Crippen molar-refractivity contribution in [1.29, 1.82) is 0 Å². The summed E-state index contributed by atoms with van der Waals surface area (Å²) >= 11 is 0. The number of fused-ring (bicyclic) bond motifs is 1. The normalized spacial score (nSPS) is 15.4. The van der Waals surface area contributed by atoms with E-state index in [4.69, 9.17) is 9.47 Å². The van der Waals surface area contributed by atoms with Gasteiger partial charge in [0, 0.05) is 5.56 Å². The Morgan fingerprint density at radius 1 is 1.43 bits per heavy atom. The van der Waals surface area contributed by atoms with Gasteiger partial charge in [-0.25, -0.2) is 0 Å². The Labute approximate surface area is 81.8 Å². The lowest BCUT2D eigenvalue weighted by Gasteiger charge is -2.09. The monoisotopic (exact) mass is 193 g/mol. The predicted molar refractivity (Wildman–Crippen MR) is 51.3 cm³/mol. The SMILES string of the molecule is COc1cccc2c1COCC(=O)N2. The van der Waals surface area contributed by atoms with Crippen molar-refractivity contribution in [3.63, 3.8) is 0 Å². The van der Waals surface area contributed by atoms with Crippen molar-refractivity contribution in [1.82, 2.24) is 0 Å². The third-order valence-electron chi connectivity index (χ3n) is 2.11. The van der Waals surface area contributed by atoms with E-state index in [0.717, 1.165) is 17.0 Å². The van der Waals surface area contributed by atoms with E-state index in [0.29, 0.717) is 6.61 Å². The fraction of sp³-hybridized carbons (Fsp3) is 0.300. The van der Waals surface area contributed by atoms with Crippen LogP contribution in [0.5, 0.6) is 5.75 Å². The topological polar surface area (TPSA) is 47.6 Å². The molecule has 2 rings (SSSR count). The third kappa shape index (κ3) is 1.56. The number of hydrogen-bond donors (Lipinski definition) is 1. The second-order valence-electron chi connectivity index (χ2n) is 3.03. The summed E-state index contributed by atoms with van der Waals surface area (Å²) in [4.78, 5) is 11.2. The van der Waals surface area contributed by atoms with Gasteiger partial charge in [-0.05, 0) is 12.1 Å². The lowest BCUT2D eigenvalue weighted by molar-refractivity contribution is -0.120. The van der Waals surface area contributed by atoms with E-state index in [9.17, 15) is 4.79 Å². The van der Waals surface area contributed by atoms with Crippen LogP contribution in [-0.4, -0.2) is 19.6 Å². The summed E-state index contributed by atoms with van der Waals surface area (Å²) in [5.41, 5.74) is 1.66. The minimum absolute atomic E-state index is 0.0951. The molecule has 1 aliphatic heterocycles. The number of carbonyl (C=O) groups excluding carboxylic acids is 1. The van der Waals surface area contributed by atoms with E-state index in [1.165, 1.54) is 0 Å². The summed E-state index contributed by atoms with van der Waals surface area (Å²) in [7, 11) is 1.60. The van der Waals surface area contributed by atoms with Crippen LogP contribution in [0.3, 0.4) is 0 Å². The number of rotatable bonds is 1. The molecule has 0 radical (unpaired) electrons. The zero-order valence-electron chi connectivity index (χ0n) is 7.87. The van der Waals surface area contributed by atoms with Crippen molar-refractivity contribution in [2.75, 3.05) is 19.0 Å². The van der Waals surface area contributed by atoms with Crippen LogP contribution in [0.2, 0.25) is 0 Å². The molecule has 4 heteroatoms. The molecule has 4 nitrogen and oxygen atoms in total. The van der Waals surface area contributed by atoms with Gasteiger partial charge in [-0.15, -0.1) is 0 Å². The number of hydrogen-bond acceptors (Lipinski definition) is 3. The zero-order valence-corrected chi connectivity index (χ0v) is 7.87. The molecule has 74 valence electrons. The zero-order chi connectivity index (χ0) is 9.97. The fourth-order valence-electron chi connectivity index (χ4n) is 1.45. The van der Waals surface area contributed by atoms with Crippen molar-refractivity contribution in [3.05, 3.63) is 23.8 Å². The van der Waals surface area contributed by atoms with Crippen molar-refractivity contribution in [2.24, 2.45) is 0 Å². The van der Waals surface area contributed by atoms with Crippen LogP contribution in [0.15, 0.2) is 18.2 Å². The summed E-state index contributed by atoms with van der Waals surface area (Å²) in [5.74, 6) is 0.613. The predicted octanol–water partition coefficient (Wildman–Crippen LogP) is 1.16. The Hall–Kier alpha value is -1.55. The minimum Gasteiger partial charge on any atom is -0.496 e. The summed E-state index contributed by atoms with van der Waals surface area (Å²) < 4.78 is 10.4. The Balaban J connectivity index is 2.43. The maximum absolute atomic E-state index is 11.2. The van der Waals surface area contributed by atoms with E-state index in [1.807, 2.05) is 18.2 Å². The Morgan fingerprint density at radius 3 is 3.07 bits per heavy atom. The highest BCUT2D eigenvalue weighted by atomic mass is 16.5. The highest BCUT2D eigenvalue weighted by Gasteiger charge is 2.15.